The number of rotatable bonds is 5. The summed E-state index contributed by atoms with van der Waals surface area (Å²) in [6, 6.07) is 5.52. The van der Waals surface area contributed by atoms with Crippen LogP contribution in [0.3, 0.4) is 0 Å². The Morgan fingerprint density at radius 2 is 2.28 bits per heavy atom. The first-order valence-corrected chi connectivity index (χ1v) is 6.44. The van der Waals surface area contributed by atoms with E-state index < -0.39 is 0 Å². The summed E-state index contributed by atoms with van der Waals surface area (Å²) in [5, 5.41) is 5.86. The largest absolute Gasteiger partial charge is 0.491 e. The normalized spacial score (nSPS) is 19.3. The molecule has 0 bridgehead atoms. The lowest BCUT2D eigenvalue weighted by Crippen LogP contribution is -2.23. The Labute approximate surface area is 108 Å². The van der Waals surface area contributed by atoms with Gasteiger partial charge in [0.2, 0.25) is 5.91 Å². The van der Waals surface area contributed by atoms with Gasteiger partial charge in [0.1, 0.15) is 11.8 Å². The zero-order chi connectivity index (χ0) is 13.1. The summed E-state index contributed by atoms with van der Waals surface area (Å²) in [6.07, 6.45) is 2.33. The number of anilines is 1. The average Bonchev–Trinajstić information content (AvgIpc) is 2.63. The van der Waals surface area contributed by atoms with Gasteiger partial charge in [0.05, 0.1) is 6.10 Å². The van der Waals surface area contributed by atoms with E-state index in [1.165, 1.54) is 0 Å². The molecule has 1 aliphatic rings. The Kier molecular flexibility index (Phi) is 3.87. The van der Waals surface area contributed by atoms with Crippen LogP contribution in [0.25, 0.3) is 0 Å². The number of carbonyl (C=O) groups excluding carboxylic acids is 1. The van der Waals surface area contributed by atoms with E-state index in [0.29, 0.717) is 0 Å². The molecular formula is C14H20N2O2. The highest BCUT2D eigenvalue weighted by atomic mass is 16.5. The molecule has 4 heteroatoms. The number of likely N-dealkylation sites (N-methyl/N-ethyl adjacent to an activating group) is 1. The molecule has 0 fully saturated rings. The molecule has 2 unspecified atom stereocenters. The number of fused-ring (bicyclic) bond motifs is 1. The van der Waals surface area contributed by atoms with Crippen LogP contribution < -0.4 is 15.4 Å². The van der Waals surface area contributed by atoms with Crippen LogP contribution in [-0.2, 0) is 4.79 Å². The first-order valence-electron chi connectivity index (χ1n) is 6.44. The molecule has 0 radical (unpaired) electrons. The molecule has 1 heterocycles. The maximum atomic E-state index is 11.7. The molecule has 98 valence electrons. The van der Waals surface area contributed by atoms with Crippen molar-refractivity contribution in [2.75, 3.05) is 12.4 Å². The van der Waals surface area contributed by atoms with Crippen molar-refractivity contribution in [1.29, 1.82) is 0 Å². The SMILES string of the molecule is CCCC(C)Oc1ccc2c(c1)NC(=O)C2NC. The van der Waals surface area contributed by atoms with Crippen LogP contribution >= 0.6 is 0 Å². The number of amides is 1. The van der Waals surface area contributed by atoms with Crippen LogP contribution in [0.5, 0.6) is 5.75 Å². The van der Waals surface area contributed by atoms with E-state index in [2.05, 4.69) is 24.5 Å². The fraction of sp³-hybridized carbons (Fsp3) is 0.500. The molecule has 0 saturated heterocycles. The van der Waals surface area contributed by atoms with E-state index in [-0.39, 0.29) is 18.1 Å². The van der Waals surface area contributed by atoms with Crippen LogP contribution in [0.1, 0.15) is 38.3 Å². The van der Waals surface area contributed by atoms with Gasteiger partial charge in [-0.15, -0.1) is 0 Å². The average molecular weight is 248 g/mol. The summed E-state index contributed by atoms with van der Waals surface area (Å²) < 4.78 is 5.81. The van der Waals surface area contributed by atoms with Crippen LogP contribution in [0.15, 0.2) is 18.2 Å². The second kappa shape index (κ2) is 5.40. The van der Waals surface area contributed by atoms with Crippen LogP contribution in [-0.4, -0.2) is 19.1 Å². The van der Waals surface area contributed by atoms with Gasteiger partial charge in [-0.1, -0.05) is 19.4 Å². The zero-order valence-electron chi connectivity index (χ0n) is 11.1. The van der Waals surface area contributed by atoms with Gasteiger partial charge in [-0.3, -0.25) is 4.79 Å². The van der Waals surface area contributed by atoms with Crippen LogP contribution in [0, 0.1) is 0 Å². The van der Waals surface area contributed by atoms with Gasteiger partial charge in [0, 0.05) is 17.3 Å². The number of ether oxygens (including phenoxy) is 1. The monoisotopic (exact) mass is 248 g/mol. The van der Waals surface area contributed by atoms with Gasteiger partial charge in [0.25, 0.3) is 0 Å². The maximum Gasteiger partial charge on any atom is 0.246 e. The van der Waals surface area contributed by atoms with Crippen molar-refractivity contribution in [3.63, 3.8) is 0 Å². The van der Waals surface area contributed by atoms with Crippen LogP contribution in [0.2, 0.25) is 0 Å². The van der Waals surface area contributed by atoms with E-state index in [0.717, 1.165) is 29.8 Å². The predicted molar refractivity (Wildman–Crippen MR) is 71.9 cm³/mol. The highest BCUT2D eigenvalue weighted by molar-refractivity contribution is 6.02. The Bertz CT molecular complexity index is 445. The van der Waals surface area contributed by atoms with Gasteiger partial charge >= 0.3 is 0 Å². The van der Waals surface area contributed by atoms with Crippen molar-refractivity contribution in [3.8, 4) is 5.75 Å². The minimum absolute atomic E-state index is 0.00810. The summed E-state index contributed by atoms with van der Waals surface area (Å²) >= 11 is 0. The Morgan fingerprint density at radius 1 is 1.50 bits per heavy atom. The van der Waals surface area contributed by atoms with Crippen molar-refractivity contribution in [1.82, 2.24) is 5.32 Å². The lowest BCUT2D eigenvalue weighted by Gasteiger charge is -2.14. The fourth-order valence-electron chi connectivity index (χ4n) is 2.30. The van der Waals surface area contributed by atoms with E-state index in [4.69, 9.17) is 4.74 Å². The Morgan fingerprint density at radius 3 is 2.94 bits per heavy atom. The van der Waals surface area contributed by atoms with E-state index >= 15 is 0 Å². The summed E-state index contributed by atoms with van der Waals surface area (Å²) in [5.74, 6) is 0.804. The topological polar surface area (TPSA) is 50.4 Å². The number of nitrogens with one attached hydrogen (secondary N) is 2. The second-order valence-electron chi connectivity index (χ2n) is 4.68. The molecule has 1 aromatic carbocycles. The second-order valence-corrected chi connectivity index (χ2v) is 4.68. The summed E-state index contributed by atoms with van der Waals surface area (Å²) in [7, 11) is 1.78. The smallest absolute Gasteiger partial charge is 0.246 e. The summed E-state index contributed by atoms with van der Waals surface area (Å²) in [5.41, 5.74) is 1.83. The van der Waals surface area contributed by atoms with Crippen molar-refractivity contribution in [3.05, 3.63) is 23.8 Å². The molecule has 2 rings (SSSR count). The first kappa shape index (κ1) is 12.9. The lowest BCUT2D eigenvalue weighted by molar-refractivity contribution is -0.117. The number of hydrogen-bond acceptors (Lipinski definition) is 3. The third-order valence-electron chi connectivity index (χ3n) is 3.18. The first-order chi connectivity index (χ1) is 8.65. The van der Waals surface area contributed by atoms with Crippen LogP contribution in [0.4, 0.5) is 5.69 Å². The van der Waals surface area contributed by atoms with Crippen molar-refractivity contribution >= 4 is 11.6 Å². The molecule has 0 aromatic heterocycles. The molecule has 0 aliphatic carbocycles. The quantitative estimate of drug-likeness (QED) is 0.841. The Balaban J connectivity index is 2.14. The number of carbonyl (C=O) groups is 1. The molecule has 0 spiro atoms. The molecule has 18 heavy (non-hydrogen) atoms. The molecule has 1 aliphatic heterocycles. The zero-order valence-corrected chi connectivity index (χ0v) is 11.1. The minimum Gasteiger partial charge on any atom is -0.491 e. The third-order valence-corrected chi connectivity index (χ3v) is 3.18. The van der Waals surface area contributed by atoms with E-state index in [1.807, 2.05) is 18.2 Å². The van der Waals surface area contributed by atoms with Gasteiger partial charge in [-0.2, -0.15) is 0 Å². The molecular weight excluding hydrogens is 228 g/mol. The standard InChI is InChI=1S/C14H20N2O2/c1-4-5-9(2)18-10-6-7-11-12(8-10)16-14(17)13(11)15-3/h6-9,13,15H,4-5H2,1-3H3,(H,16,17). The number of hydrogen-bond donors (Lipinski definition) is 2. The van der Waals surface area contributed by atoms with Crippen molar-refractivity contribution < 1.29 is 9.53 Å². The molecule has 2 N–H and O–H groups in total. The van der Waals surface area contributed by atoms with Gasteiger partial charge < -0.3 is 15.4 Å². The Hall–Kier alpha value is -1.55. The third kappa shape index (κ3) is 2.48. The summed E-state index contributed by atoms with van der Waals surface area (Å²) in [4.78, 5) is 11.7. The van der Waals surface area contributed by atoms with Gasteiger partial charge in [0.15, 0.2) is 0 Å². The lowest BCUT2D eigenvalue weighted by atomic mass is 10.1. The summed E-state index contributed by atoms with van der Waals surface area (Å²) in [6.45, 7) is 4.20. The van der Waals surface area contributed by atoms with Crippen molar-refractivity contribution in [2.24, 2.45) is 0 Å². The molecule has 1 aromatic rings. The van der Waals surface area contributed by atoms with Gasteiger partial charge in [-0.05, 0) is 26.5 Å². The van der Waals surface area contributed by atoms with E-state index in [9.17, 15) is 4.79 Å². The highest BCUT2D eigenvalue weighted by Crippen LogP contribution is 2.33. The molecule has 2 atom stereocenters. The molecule has 1 amide bonds. The highest BCUT2D eigenvalue weighted by Gasteiger charge is 2.29. The molecule has 4 nitrogen and oxygen atoms in total. The fourth-order valence-corrected chi connectivity index (χ4v) is 2.30. The minimum atomic E-state index is -0.248. The van der Waals surface area contributed by atoms with Crippen molar-refractivity contribution in [2.45, 2.75) is 38.8 Å². The van der Waals surface area contributed by atoms with Gasteiger partial charge in [-0.25, -0.2) is 0 Å². The van der Waals surface area contributed by atoms with E-state index in [1.54, 1.807) is 7.05 Å². The predicted octanol–water partition coefficient (Wildman–Crippen LogP) is 2.47. The maximum absolute atomic E-state index is 11.7. The molecule has 0 saturated carbocycles. The number of benzene rings is 1.